The molecule has 2 aromatic rings. The average molecular weight is 320 g/mol. The van der Waals surface area contributed by atoms with Gasteiger partial charge < -0.3 is 4.84 Å². The predicted octanol–water partition coefficient (Wildman–Crippen LogP) is 3.45. The van der Waals surface area contributed by atoms with E-state index in [9.17, 15) is 9.59 Å². The van der Waals surface area contributed by atoms with E-state index < -0.39 is 5.92 Å². The Bertz CT molecular complexity index is 816. The first-order chi connectivity index (χ1) is 11.6. The largest absolute Gasteiger partial charge is 0.399 e. The summed E-state index contributed by atoms with van der Waals surface area (Å²) in [6, 6.07) is 14.2. The van der Waals surface area contributed by atoms with Gasteiger partial charge in [0.1, 0.15) is 13.0 Å². The second-order valence-corrected chi connectivity index (χ2v) is 5.44. The molecule has 5 nitrogen and oxygen atoms in total. The monoisotopic (exact) mass is 320 g/mol. The highest BCUT2D eigenvalue weighted by Crippen LogP contribution is 2.26. The summed E-state index contributed by atoms with van der Waals surface area (Å²) in [4.78, 5) is 33.6. The molecule has 0 radical (unpaired) electrons. The number of carbonyl (C=O) groups excluding carboxylic acids is 2. The zero-order valence-electron chi connectivity index (χ0n) is 13.4. The van der Waals surface area contributed by atoms with Crippen LogP contribution in [0.4, 0.5) is 5.69 Å². The van der Waals surface area contributed by atoms with Gasteiger partial charge in [-0.25, -0.2) is 0 Å². The number of rotatable bonds is 4. The highest BCUT2D eigenvalue weighted by molar-refractivity contribution is 6.33. The molecule has 1 aliphatic rings. The molecule has 0 heterocycles. The van der Waals surface area contributed by atoms with E-state index in [4.69, 9.17) is 4.84 Å². The molecule has 0 amide bonds. The van der Waals surface area contributed by atoms with E-state index in [1.807, 2.05) is 19.1 Å². The molecule has 5 heteroatoms. The summed E-state index contributed by atoms with van der Waals surface area (Å²) in [5, 5.41) is 3.87. The van der Waals surface area contributed by atoms with Gasteiger partial charge in [-0.05, 0) is 24.6 Å². The molecule has 0 aromatic heterocycles. The fourth-order valence-corrected chi connectivity index (χ4v) is 2.64. The SMILES string of the molecule is CO/N=C(\C)c1ccc(N=CC2C(=O)c3ccccc3C2=O)cc1. The van der Waals surface area contributed by atoms with Crippen molar-refractivity contribution in [2.45, 2.75) is 6.92 Å². The minimum Gasteiger partial charge on any atom is -0.399 e. The summed E-state index contributed by atoms with van der Waals surface area (Å²) in [5.41, 5.74) is 3.28. The molecule has 0 unspecified atom stereocenters. The summed E-state index contributed by atoms with van der Waals surface area (Å²) in [6.45, 7) is 1.84. The molecule has 0 spiro atoms. The number of aliphatic imine (C=N–C) groups is 1. The van der Waals surface area contributed by atoms with Crippen LogP contribution in [0.25, 0.3) is 0 Å². The summed E-state index contributed by atoms with van der Waals surface area (Å²) in [7, 11) is 1.50. The van der Waals surface area contributed by atoms with Gasteiger partial charge in [-0.3, -0.25) is 14.6 Å². The van der Waals surface area contributed by atoms with Crippen molar-refractivity contribution in [2.24, 2.45) is 16.1 Å². The first-order valence-corrected chi connectivity index (χ1v) is 7.51. The van der Waals surface area contributed by atoms with Gasteiger partial charge in [0.05, 0.1) is 11.4 Å². The molecule has 1 aliphatic carbocycles. The van der Waals surface area contributed by atoms with Crippen molar-refractivity contribution in [3.8, 4) is 0 Å². The van der Waals surface area contributed by atoms with Crippen LogP contribution in [0.15, 0.2) is 58.7 Å². The lowest BCUT2D eigenvalue weighted by Gasteiger charge is -2.01. The summed E-state index contributed by atoms with van der Waals surface area (Å²) in [6.07, 6.45) is 1.43. The van der Waals surface area contributed by atoms with Crippen LogP contribution >= 0.6 is 0 Å². The molecule has 0 bridgehead atoms. The molecule has 0 N–H and O–H groups in total. The lowest BCUT2D eigenvalue weighted by atomic mass is 10.1. The van der Waals surface area contributed by atoms with E-state index in [2.05, 4.69) is 10.1 Å². The standard InChI is InChI=1S/C19H16N2O3/c1-12(21-24-2)13-7-9-14(10-8-13)20-11-17-18(22)15-5-3-4-6-16(15)19(17)23/h3-11,17H,1-2H3/b20-11?,21-12+. The van der Waals surface area contributed by atoms with Crippen LogP contribution in [0.5, 0.6) is 0 Å². The lowest BCUT2D eigenvalue weighted by Crippen LogP contribution is -2.16. The Morgan fingerprint density at radius 1 is 1.00 bits per heavy atom. The molecule has 0 aliphatic heterocycles. The first kappa shape index (κ1) is 15.8. The van der Waals surface area contributed by atoms with Gasteiger partial charge in [-0.1, -0.05) is 41.6 Å². The fourth-order valence-electron chi connectivity index (χ4n) is 2.64. The van der Waals surface area contributed by atoms with Gasteiger partial charge in [-0.2, -0.15) is 0 Å². The number of ketones is 2. The quantitative estimate of drug-likeness (QED) is 0.492. The van der Waals surface area contributed by atoms with E-state index >= 15 is 0 Å². The van der Waals surface area contributed by atoms with Gasteiger partial charge >= 0.3 is 0 Å². The third kappa shape index (κ3) is 2.88. The van der Waals surface area contributed by atoms with Crippen molar-refractivity contribution < 1.29 is 14.4 Å². The zero-order valence-corrected chi connectivity index (χ0v) is 13.4. The Hall–Kier alpha value is -3.08. The van der Waals surface area contributed by atoms with Crippen LogP contribution in [0.1, 0.15) is 33.2 Å². The highest BCUT2D eigenvalue weighted by atomic mass is 16.6. The molecular weight excluding hydrogens is 304 g/mol. The molecule has 3 rings (SSSR count). The Labute approximate surface area is 139 Å². The van der Waals surface area contributed by atoms with Crippen LogP contribution in [0.3, 0.4) is 0 Å². The predicted molar refractivity (Wildman–Crippen MR) is 92.4 cm³/mol. The number of nitrogens with zero attached hydrogens (tertiary/aromatic N) is 2. The zero-order chi connectivity index (χ0) is 17.1. The number of benzene rings is 2. The maximum atomic E-state index is 12.3. The Morgan fingerprint density at radius 2 is 1.58 bits per heavy atom. The summed E-state index contributed by atoms with van der Waals surface area (Å²) >= 11 is 0. The second kappa shape index (κ2) is 6.58. The number of hydrogen-bond donors (Lipinski definition) is 0. The average Bonchev–Trinajstić information content (AvgIpc) is 2.85. The molecule has 0 saturated heterocycles. The van der Waals surface area contributed by atoms with Gasteiger partial charge in [0, 0.05) is 17.3 Å². The molecule has 24 heavy (non-hydrogen) atoms. The van der Waals surface area contributed by atoms with Gasteiger partial charge in [-0.15, -0.1) is 0 Å². The minimum atomic E-state index is -0.834. The van der Waals surface area contributed by atoms with Crippen molar-refractivity contribution in [3.63, 3.8) is 0 Å². The number of carbonyl (C=O) groups is 2. The first-order valence-electron chi connectivity index (χ1n) is 7.51. The van der Waals surface area contributed by atoms with Crippen molar-refractivity contribution in [3.05, 3.63) is 65.2 Å². The number of hydrogen-bond acceptors (Lipinski definition) is 5. The number of oxime groups is 1. The second-order valence-electron chi connectivity index (χ2n) is 5.44. The molecular formula is C19H16N2O3. The van der Waals surface area contributed by atoms with Gasteiger partial charge in [0.2, 0.25) is 0 Å². The third-order valence-corrected chi connectivity index (χ3v) is 3.91. The highest BCUT2D eigenvalue weighted by Gasteiger charge is 2.36. The number of Topliss-reactive ketones (excluding diaryl/α,β-unsaturated/α-hetero) is 2. The molecule has 0 fully saturated rings. The summed E-state index contributed by atoms with van der Waals surface area (Å²) < 4.78 is 0. The molecule has 0 atom stereocenters. The maximum Gasteiger partial charge on any atom is 0.179 e. The van der Waals surface area contributed by atoms with Crippen molar-refractivity contribution in [2.75, 3.05) is 7.11 Å². The normalized spacial score (nSPS) is 15.2. The Kier molecular flexibility index (Phi) is 4.33. The fraction of sp³-hybridized carbons (Fsp3) is 0.158. The van der Waals surface area contributed by atoms with Crippen LogP contribution in [-0.4, -0.2) is 30.6 Å². The van der Waals surface area contributed by atoms with E-state index in [1.165, 1.54) is 13.3 Å². The van der Waals surface area contributed by atoms with Crippen molar-refractivity contribution >= 4 is 29.2 Å². The molecule has 120 valence electrons. The maximum absolute atomic E-state index is 12.3. The number of fused-ring (bicyclic) bond motifs is 1. The van der Waals surface area contributed by atoms with Gasteiger partial charge in [0.15, 0.2) is 11.6 Å². The summed E-state index contributed by atoms with van der Waals surface area (Å²) in [5.74, 6) is -1.23. The third-order valence-electron chi connectivity index (χ3n) is 3.91. The van der Waals surface area contributed by atoms with E-state index in [0.717, 1.165) is 11.3 Å². The van der Waals surface area contributed by atoms with E-state index in [1.54, 1.807) is 36.4 Å². The van der Waals surface area contributed by atoms with E-state index in [-0.39, 0.29) is 11.6 Å². The van der Waals surface area contributed by atoms with Gasteiger partial charge in [0.25, 0.3) is 0 Å². The van der Waals surface area contributed by atoms with Crippen LogP contribution in [0.2, 0.25) is 0 Å². The van der Waals surface area contributed by atoms with E-state index in [0.29, 0.717) is 16.8 Å². The molecule has 2 aromatic carbocycles. The van der Waals surface area contributed by atoms with Crippen LogP contribution in [0, 0.1) is 5.92 Å². The van der Waals surface area contributed by atoms with Crippen molar-refractivity contribution in [1.82, 2.24) is 0 Å². The smallest absolute Gasteiger partial charge is 0.179 e. The topological polar surface area (TPSA) is 68.1 Å². The lowest BCUT2D eigenvalue weighted by molar-refractivity contribution is 0.0886. The minimum absolute atomic E-state index is 0.195. The van der Waals surface area contributed by atoms with Crippen molar-refractivity contribution in [1.29, 1.82) is 0 Å². The van der Waals surface area contributed by atoms with Crippen LogP contribution in [-0.2, 0) is 4.84 Å². The Morgan fingerprint density at radius 3 is 2.12 bits per heavy atom. The molecule has 0 saturated carbocycles. The Balaban J connectivity index is 1.79. The van der Waals surface area contributed by atoms with Crippen LogP contribution < -0.4 is 0 Å².